The van der Waals surface area contributed by atoms with E-state index in [1.54, 1.807) is 36.7 Å². The van der Waals surface area contributed by atoms with Gasteiger partial charge in [0.05, 0.1) is 0 Å². The summed E-state index contributed by atoms with van der Waals surface area (Å²) in [6.07, 6.45) is 3.37. The Balaban J connectivity index is 0.000000774. The van der Waals surface area contributed by atoms with Gasteiger partial charge in [-0.25, -0.2) is 4.39 Å². The summed E-state index contributed by atoms with van der Waals surface area (Å²) >= 11 is 6.12. The number of benzene rings is 2. The molecule has 0 aliphatic carbocycles. The van der Waals surface area contributed by atoms with Crippen LogP contribution in [0.15, 0.2) is 54.9 Å². The zero-order valence-electron chi connectivity index (χ0n) is 11.8. The van der Waals surface area contributed by atoms with Crippen molar-refractivity contribution in [3.05, 3.63) is 65.7 Å². The summed E-state index contributed by atoms with van der Waals surface area (Å²) < 4.78 is 18.6. The van der Waals surface area contributed by atoms with Crippen LogP contribution in [-0.4, -0.2) is 4.98 Å². The van der Waals surface area contributed by atoms with Crippen molar-refractivity contribution >= 4 is 22.4 Å². The van der Waals surface area contributed by atoms with Crippen LogP contribution in [0.3, 0.4) is 0 Å². The fourth-order valence-corrected chi connectivity index (χ4v) is 2.07. The minimum absolute atomic E-state index is 0.296. The smallest absolute Gasteiger partial charge is 0.136 e. The maximum absolute atomic E-state index is 12.8. The number of fused-ring (bicyclic) bond motifs is 1. The first-order chi connectivity index (χ1) is 10.2. The van der Waals surface area contributed by atoms with E-state index in [0.717, 1.165) is 10.8 Å². The van der Waals surface area contributed by atoms with Crippen molar-refractivity contribution in [2.75, 3.05) is 0 Å². The molecular formula is C17H15ClFNO. The highest BCUT2D eigenvalue weighted by molar-refractivity contribution is 6.35. The maximum atomic E-state index is 12.8. The Kier molecular flexibility index (Phi) is 5.12. The standard InChI is InChI=1S/C15H9ClFNO.C2H6/c16-14-5-6-15(13-9-18-8-7-12(13)14)19-11-3-1-10(17)2-4-11;1-2/h1-9H;1-2H3. The Morgan fingerprint density at radius 3 is 2.38 bits per heavy atom. The van der Waals surface area contributed by atoms with Gasteiger partial charge in [0, 0.05) is 28.2 Å². The second-order valence-corrected chi connectivity index (χ2v) is 4.43. The predicted octanol–water partition coefficient (Wildman–Crippen LogP) is 5.85. The van der Waals surface area contributed by atoms with Crippen molar-refractivity contribution in [1.82, 2.24) is 4.98 Å². The predicted molar refractivity (Wildman–Crippen MR) is 84.6 cm³/mol. The molecule has 108 valence electrons. The van der Waals surface area contributed by atoms with Crippen LogP contribution in [0.25, 0.3) is 10.8 Å². The van der Waals surface area contributed by atoms with Crippen molar-refractivity contribution in [2.45, 2.75) is 13.8 Å². The molecule has 2 aromatic carbocycles. The minimum Gasteiger partial charge on any atom is -0.457 e. The van der Waals surface area contributed by atoms with Gasteiger partial charge >= 0.3 is 0 Å². The first kappa shape index (κ1) is 15.3. The lowest BCUT2D eigenvalue weighted by atomic mass is 10.1. The number of aromatic nitrogens is 1. The molecule has 0 atom stereocenters. The Hall–Kier alpha value is -2.13. The van der Waals surface area contributed by atoms with E-state index in [0.29, 0.717) is 16.5 Å². The lowest BCUT2D eigenvalue weighted by Crippen LogP contribution is -1.87. The number of rotatable bonds is 2. The number of pyridine rings is 1. The summed E-state index contributed by atoms with van der Waals surface area (Å²) in [5, 5.41) is 2.33. The molecule has 0 unspecified atom stereocenters. The van der Waals surface area contributed by atoms with Crippen molar-refractivity contribution in [2.24, 2.45) is 0 Å². The van der Waals surface area contributed by atoms with Gasteiger partial charge in [-0.05, 0) is 42.5 Å². The van der Waals surface area contributed by atoms with E-state index in [9.17, 15) is 4.39 Å². The molecule has 4 heteroatoms. The normalized spacial score (nSPS) is 9.90. The van der Waals surface area contributed by atoms with Gasteiger partial charge in [-0.3, -0.25) is 4.98 Å². The average Bonchev–Trinajstić information content (AvgIpc) is 2.54. The number of halogens is 2. The van der Waals surface area contributed by atoms with Gasteiger partial charge in [-0.15, -0.1) is 0 Å². The van der Waals surface area contributed by atoms with E-state index in [4.69, 9.17) is 16.3 Å². The van der Waals surface area contributed by atoms with Crippen molar-refractivity contribution in [3.63, 3.8) is 0 Å². The van der Waals surface area contributed by atoms with E-state index in [2.05, 4.69) is 4.98 Å². The van der Waals surface area contributed by atoms with Crippen LogP contribution in [0, 0.1) is 5.82 Å². The lowest BCUT2D eigenvalue weighted by molar-refractivity contribution is 0.486. The molecule has 3 aromatic rings. The van der Waals surface area contributed by atoms with Crippen LogP contribution in [0.2, 0.25) is 5.02 Å². The van der Waals surface area contributed by atoms with E-state index in [1.807, 2.05) is 19.9 Å². The van der Waals surface area contributed by atoms with Crippen LogP contribution < -0.4 is 4.74 Å². The largest absolute Gasteiger partial charge is 0.457 e. The number of ether oxygens (including phenoxy) is 1. The SMILES string of the molecule is CC.Fc1ccc(Oc2ccc(Cl)c3ccncc23)cc1. The molecule has 2 nitrogen and oxygen atoms in total. The third-order valence-corrected chi connectivity index (χ3v) is 3.10. The van der Waals surface area contributed by atoms with Crippen LogP contribution in [0.1, 0.15) is 13.8 Å². The molecule has 0 N–H and O–H groups in total. The first-order valence-corrected chi connectivity index (χ1v) is 7.07. The van der Waals surface area contributed by atoms with Gasteiger partial charge < -0.3 is 4.74 Å². The zero-order chi connectivity index (χ0) is 15.2. The summed E-state index contributed by atoms with van der Waals surface area (Å²) in [6.45, 7) is 4.00. The Morgan fingerprint density at radius 1 is 0.952 bits per heavy atom. The molecule has 1 aromatic heterocycles. The second kappa shape index (κ2) is 7.04. The quantitative estimate of drug-likeness (QED) is 0.593. The highest BCUT2D eigenvalue weighted by Crippen LogP contribution is 2.33. The number of nitrogens with zero attached hydrogens (tertiary/aromatic N) is 1. The average molecular weight is 304 g/mol. The van der Waals surface area contributed by atoms with Crippen molar-refractivity contribution in [3.8, 4) is 11.5 Å². The number of hydrogen-bond donors (Lipinski definition) is 0. The molecule has 0 radical (unpaired) electrons. The summed E-state index contributed by atoms with van der Waals surface area (Å²) in [7, 11) is 0. The van der Waals surface area contributed by atoms with Crippen LogP contribution in [0.5, 0.6) is 11.5 Å². The Morgan fingerprint density at radius 2 is 1.67 bits per heavy atom. The highest BCUT2D eigenvalue weighted by atomic mass is 35.5. The Labute approximate surface area is 128 Å². The minimum atomic E-state index is -0.296. The zero-order valence-corrected chi connectivity index (χ0v) is 12.6. The molecular weight excluding hydrogens is 289 g/mol. The molecule has 21 heavy (non-hydrogen) atoms. The van der Waals surface area contributed by atoms with Gasteiger partial charge in [-0.1, -0.05) is 25.4 Å². The van der Waals surface area contributed by atoms with Crippen LogP contribution in [-0.2, 0) is 0 Å². The van der Waals surface area contributed by atoms with E-state index in [1.165, 1.54) is 12.1 Å². The molecule has 0 saturated carbocycles. The summed E-state index contributed by atoms with van der Waals surface area (Å²) in [4.78, 5) is 4.07. The third kappa shape index (κ3) is 3.50. The topological polar surface area (TPSA) is 22.1 Å². The molecule has 0 aliphatic heterocycles. The molecule has 3 rings (SSSR count). The van der Waals surface area contributed by atoms with E-state index >= 15 is 0 Å². The summed E-state index contributed by atoms with van der Waals surface area (Å²) in [5.74, 6) is 0.906. The molecule has 0 saturated heterocycles. The first-order valence-electron chi connectivity index (χ1n) is 6.70. The van der Waals surface area contributed by atoms with E-state index < -0.39 is 0 Å². The van der Waals surface area contributed by atoms with Gasteiger partial charge in [0.25, 0.3) is 0 Å². The third-order valence-electron chi connectivity index (χ3n) is 2.77. The van der Waals surface area contributed by atoms with Gasteiger partial charge in [0.2, 0.25) is 0 Å². The van der Waals surface area contributed by atoms with Crippen molar-refractivity contribution < 1.29 is 9.13 Å². The fourth-order valence-electron chi connectivity index (χ4n) is 1.85. The molecule has 0 fully saturated rings. The highest BCUT2D eigenvalue weighted by Gasteiger charge is 2.06. The van der Waals surface area contributed by atoms with E-state index in [-0.39, 0.29) is 5.82 Å². The van der Waals surface area contributed by atoms with Crippen molar-refractivity contribution in [1.29, 1.82) is 0 Å². The molecule has 0 amide bonds. The Bertz CT molecular complexity index is 728. The van der Waals surface area contributed by atoms with Gasteiger partial charge in [0.1, 0.15) is 17.3 Å². The number of hydrogen-bond acceptors (Lipinski definition) is 2. The molecule has 0 bridgehead atoms. The maximum Gasteiger partial charge on any atom is 0.136 e. The van der Waals surface area contributed by atoms with Crippen LogP contribution in [0.4, 0.5) is 4.39 Å². The lowest BCUT2D eigenvalue weighted by Gasteiger charge is -2.09. The monoisotopic (exact) mass is 303 g/mol. The summed E-state index contributed by atoms with van der Waals surface area (Å²) in [5.41, 5.74) is 0. The fraction of sp³-hybridized carbons (Fsp3) is 0.118. The molecule has 0 spiro atoms. The van der Waals surface area contributed by atoms with Gasteiger partial charge in [-0.2, -0.15) is 0 Å². The van der Waals surface area contributed by atoms with Crippen LogP contribution >= 0.6 is 11.6 Å². The van der Waals surface area contributed by atoms with Gasteiger partial charge in [0.15, 0.2) is 0 Å². The second-order valence-electron chi connectivity index (χ2n) is 4.02. The molecule has 0 aliphatic rings. The molecule has 1 heterocycles. The summed E-state index contributed by atoms with van der Waals surface area (Å²) in [6, 6.07) is 11.2.